The van der Waals surface area contributed by atoms with Gasteiger partial charge in [-0.25, -0.2) is 8.42 Å². The molecule has 1 saturated heterocycles. The molecule has 0 amide bonds. The van der Waals surface area contributed by atoms with Gasteiger partial charge in [-0.1, -0.05) is 15.9 Å². The van der Waals surface area contributed by atoms with Crippen LogP contribution in [0.1, 0.15) is 6.42 Å². The molecule has 0 saturated carbocycles. The first-order chi connectivity index (χ1) is 9.05. The number of nitrogens with one attached hydrogen (secondary N) is 1. The Labute approximate surface area is 134 Å². The van der Waals surface area contributed by atoms with Crippen molar-refractivity contribution in [3.05, 3.63) is 22.7 Å². The third-order valence-electron chi connectivity index (χ3n) is 3.04. The second kappa shape index (κ2) is 7.61. The van der Waals surface area contributed by atoms with Crippen molar-refractivity contribution in [2.24, 2.45) is 0 Å². The molecule has 1 aromatic rings. The van der Waals surface area contributed by atoms with Crippen molar-refractivity contribution >= 4 is 38.4 Å². The summed E-state index contributed by atoms with van der Waals surface area (Å²) in [6.45, 7) is 2.54. The Kier molecular flexibility index (Phi) is 6.74. The highest BCUT2D eigenvalue weighted by molar-refractivity contribution is 9.10. The maximum absolute atomic E-state index is 12.7. The number of nitrogens with zero attached hydrogens (tertiary/aromatic N) is 1. The van der Waals surface area contributed by atoms with Gasteiger partial charge in [-0.15, -0.1) is 12.4 Å². The average molecular weight is 386 g/mol. The molecule has 1 aliphatic heterocycles. The van der Waals surface area contributed by atoms with Crippen LogP contribution in [0, 0.1) is 0 Å². The van der Waals surface area contributed by atoms with Crippen molar-refractivity contribution in [3.63, 3.8) is 0 Å². The Morgan fingerprint density at radius 2 is 2.05 bits per heavy atom. The molecule has 0 atom stereocenters. The lowest BCUT2D eigenvalue weighted by atomic mass is 10.3. The second-order valence-corrected chi connectivity index (χ2v) is 7.12. The van der Waals surface area contributed by atoms with Gasteiger partial charge in [-0.2, -0.15) is 4.31 Å². The van der Waals surface area contributed by atoms with E-state index < -0.39 is 10.0 Å². The lowest BCUT2D eigenvalue weighted by Crippen LogP contribution is -2.34. The maximum Gasteiger partial charge on any atom is 0.246 e. The fourth-order valence-electron chi connectivity index (χ4n) is 2.05. The van der Waals surface area contributed by atoms with Crippen LogP contribution < -0.4 is 10.1 Å². The Balaban J connectivity index is 0.00000200. The van der Waals surface area contributed by atoms with E-state index in [0.717, 1.165) is 17.4 Å². The molecule has 114 valence electrons. The maximum atomic E-state index is 12.7. The molecule has 1 N–H and O–H groups in total. The van der Waals surface area contributed by atoms with E-state index in [4.69, 9.17) is 4.74 Å². The van der Waals surface area contributed by atoms with Gasteiger partial charge in [0, 0.05) is 24.1 Å². The number of hydrogen-bond acceptors (Lipinski definition) is 4. The van der Waals surface area contributed by atoms with Crippen molar-refractivity contribution < 1.29 is 13.2 Å². The van der Waals surface area contributed by atoms with Crippen LogP contribution in [0.2, 0.25) is 0 Å². The zero-order valence-corrected chi connectivity index (χ0v) is 14.4. The van der Waals surface area contributed by atoms with Crippen LogP contribution in [0.15, 0.2) is 27.6 Å². The molecule has 0 aliphatic carbocycles. The van der Waals surface area contributed by atoms with Gasteiger partial charge in [0.05, 0.1) is 7.11 Å². The minimum Gasteiger partial charge on any atom is -0.495 e. The Hall–Kier alpha value is -0.340. The van der Waals surface area contributed by atoms with Gasteiger partial charge in [-0.3, -0.25) is 0 Å². The van der Waals surface area contributed by atoms with E-state index >= 15 is 0 Å². The van der Waals surface area contributed by atoms with Gasteiger partial charge in [-0.05, 0) is 31.2 Å². The number of rotatable bonds is 3. The Bertz CT molecular complexity index is 546. The van der Waals surface area contributed by atoms with Crippen LogP contribution in [-0.2, 0) is 10.0 Å². The van der Waals surface area contributed by atoms with Crippen LogP contribution in [0.5, 0.6) is 5.75 Å². The monoisotopic (exact) mass is 384 g/mol. The highest BCUT2D eigenvalue weighted by atomic mass is 79.9. The van der Waals surface area contributed by atoms with E-state index in [1.165, 1.54) is 11.4 Å². The number of methoxy groups -OCH3 is 1. The molecule has 2 rings (SSSR count). The normalized spacial score (nSPS) is 17.1. The summed E-state index contributed by atoms with van der Waals surface area (Å²) < 4.78 is 32.7. The standard InChI is InChI=1S/C12H17BrN2O3S.ClH/c1-18-11-4-3-10(13)9-12(11)19(16,17)15-7-2-5-14-6-8-15;/h3-4,9,14H,2,5-8H2,1H3;1H. The minimum atomic E-state index is -3.51. The number of hydrogen-bond donors (Lipinski definition) is 1. The molecule has 0 bridgehead atoms. The smallest absolute Gasteiger partial charge is 0.246 e. The zero-order chi connectivity index (χ0) is 13.9. The van der Waals surface area contributed by atoms with Crippen LogP contribution >= 0.6 is 28.3 Å². The van der Waals surface area contributed by atoms with E-state index in [9.17, 15) is 8.42 Å². The van der Waals surface area contributed by atoms with Gasteiger partial charge in [0.15, 0.2) is 0 Å². The number of benzene rings is 1. The zero-order valence-electron chi connectivity index (χ0n) is 11.1. The van der Waals surface area contributed by atoms with Gasteiger partial charge >= 0.3 is 0 Å². The van der Waals surface area contributed by atoms with Crippen LogP contribution in [0.4, 0.5) is 0 Å². The van der Waals surface area contributed by atoms with E-state index in [0.29, 0.717) is 25.4 Å². The molecular formula is C12H18BrClN2O3S. The number of halogens is 2. The van der Waals surface area contributed by atoms with Crippen molar-refractivity contribution in [2.75, 3.05) is 33.3 Å². The first-order valence-electron chi connectivity index (χ1n) is 6.10. The highest BCUT2D eigenvalue weighted by Gasteiger charge is 2.28. The van der Waals surface area contributed by atoms with Gasteiger partial charge in [0.25, 0.3) is 0 Å². The van der Waals surface area contributed by atoms with Gasteiger partial charge in [0.2, 0.25) is 10.0 Å². The number of sulfonamides is 1. The lowest BCUT2D eigenvalue weighted by Gasteiger charge is -2.21. The van der Waals surface area contributed by atoms with E-state index in [1.54, 1.807) is 18.2 Å². The lowest BCUT2D eigenvalue weighted by molar-refractivity contribution is 0.393. The summed E-state index contributed by atoms with van der Waals surface area (Å²) in [5.41, 5.74) is 0. The average Bonchev–Trinajstić information content (AvgIpc) is 2.68. The third-order valence-corrected chi connectivity index (χ3v) is 5.46. The predicted molar refractivity (Wildman–Crippen MR) is 84.2 cm³/mol. The molecule has 5 nitrogen and oxygen atoms in total. The molecule has 0 spiro atoms. The van der Waals surface area contributed by atoms with Gasteiger partial charge in [0.1, 0.15) is 10.6 Å². The SMILES string of the molecule is COc1ccc(Br)cc1S(=O)(=O)N1CCCNCC1.Cl. The minimum absolute atomic E-state index is 0. The van der Waals surface area contributed by atoms with E-state index in [1.807, 2.05) is 0 Å². The fourth-order valence-corrected chi connectivity index (χ4v) is 4.23. The largest absolute Gasteiger partial charge is 0.495 e. The number of ether oxygens (including phenoxy) is 1. The summed E-state index contributed by atoms with van der Waals surface area (Å²) in [5, 5.41) is 3.19. The third kappa shape index (κ3) is 3.85. The Morgan fingerprint density at radius 3 is 2.75 bits per heavy atom. The van der Waals surface area contributed by atoms with Gasteiger partial charge < -0.3 is 10.1 Å². The van der Waals surface area contributed by atoms with Crippen molar-refractivity contribution in [3.8, 4) is 5.75 Å². The molecule has 1 fully saturated rings. The predicted octanol–water partition coefficient (Wildman–Crippen LogP) is 1.86. The molecule has 1 aliphatic rings. The van der Waals surface area contributed by atoms with Crippen molar-refractivity contribution in [1.29, 1.82) is 0 Å². The summed E-state index contributed by atoms with van der Waals surface area (Å²) in [6, 6.07) is 5.02. The van der Waals surface area contributed by atoms with Crippen molar-refractivity contribution in [2.45, 2.75) is 11.3 Å². The quantitative estimate of drug-likeness (QED) is 0.863. The molecule has 8 heteroatoms. The molecule has 0 aromatic heterocycles. The van der Waals surface area contributed by atoms with E-state index in [2.05, 4.69) is 21.2 Å². The van der Waals surface area contributed by atoms with Crippen molar-refractivity contribution in [1.82, 2.24) is 9.62 Å². The highest BCUT2D eigenvalue weighted by Crippen LogP contribution is 2.29. The summed E-state index contributed by atoms with van der Waals surface area (Å²) in [6.07, 6.45) is 0.815. The molecule has 1 aromatic carbocycles. The van der Waals surface area contributed by atoms with Crippen LogP contribution in [-0.4, -0.2) is 46.0 Å². The summed E-state index contributed by atoms with van der Waals surface area (Å²) in [5.74, 6) is 0.375. The Morgan fingerprint density at radius 1 is 1.30 bits per heavy atom. The molecule has 1 heterocycles. The first-order valence-corrected chi connectivity index (χ1v) is 8.33. The summed E-state index contributed by atoms with van der Waals surface area (Å²) in [4.78, 5) is 0.214. The molecule has 0 radical (unpaired) electrons. The molecule has 20 heavy (non-hydrogen) atoms. The van der Waals surface area contributed by atoms with Crippen LogP contribution in [0.25, 0.3) is 0 Å². The molecular weight excluding hydrogens is 368 g/mol. The topological polar surface area (TPSA) is 58.6 Å². The first kappa shape index (κ1) is 17.7. The van der Waals surface area contributed by atoms with Crippen LogP contribution in [0.3, 0.4) is 0 Å². The summed E-state index contributed by atoms with van der Waals surface area (Å²) in [7, 11) is -2.03. The summed E-state index contributed by atoms with van der Waals surface area (Å²) >= 11 is 3.31. The fraction of sp³-hybridized carbons (Fsp3) is 0.500. The molecule has 0 unspecified atom stereocenters. The second-order valence-electron chi connectivity index (χ2n) is 4.30. The van der Waals surface area contributed by atoms with E-state index in [-0.39, 0.29) is 17.3 Å².